The zero-order chi connectivity index (χ0) is 19.4. The number of thiazole rings is 1. The summed E-state index contributed by atoms with van der Waals surface area (Å²) in [7, 11) is 0. The predicted molar refractivity (Wildman–Crippen MR) is 118 cm³/mol. The lowest BCUT2D eigenvalue weighted by Gasteiger charge is -2.08. The van der Waals surface area contributed by atoms with E-state index < -0.39 is 5.91 Å². The fourth-order valence-corrected chi connectivity index (χ4v) is 4.21. The molecule has 3 aromatic rings. The van der Waals surface area contributed by atoms with Crippen LogP contribution in [0.1, 0.15) is 35.7 Å². The Morgan fingerprint density at radius 2 is 2.04 bits per heavy atom. The van der Waals surface area contributed by atoms with Gasteiger partial charge in [0.1, 0.15) is 0 Å². The molecule has 0 aliphatic rings. The van der Waals surface area contributed by atoms with Gasteiger partial charge in [-0.2, -0.15) is 0 Å². The van der Waals surface area contributed by atoms with Gasteiger partial charge < -0.3 is 5.32 Å². The van der Waals surface area contributed by atoms with E-state index in [2.05, 4.69) is 34.7 Å². The number of nitrogens with one attached hydrogen (secondary N) is 2. The largest absolute Gasteiger partial charge is 0.308 e. The van der Waals surface area contributed by atoms with Crippen LogP contribution in [-0.4, -0.2) is 16.0 Å². The molecule has 0 unspecified atom stereocenters. The highest BCUT2D eigenvalue weighted by Gasteiger charge is 2.13. The number of hydrogen-bond acceptors (Lipinski definition) is 4. The molecule has 0 aliphatic heterocycles. The van der Waals surface area contributed by atoms with Gasteiger partial charge in [-0.3, -0.25) is 10.1 Å². The molecule has 0 saturated carbocycles. The molecular formula is C19H17Cl2N3OS2. The normalized spacial score (nSPS) is 10.8. The molecule has 8 heteroatoms. The SMILES string of the molecule is CCCCc1ccc2nc(NC(=S)NC(=O)c3ccc(Cl)cc3Cl)sc2c1. The van der Waals surface area contributed by atoms with Gasteiger partial charge in [-0.05, 0) is 61.0 Å². The molecule has 2 aromatic carbocycles. The van der Waals surface area contributed by atoms with Crippen molar-refractivity contribution in [3.05, 3.63) is 57.6 Å². The number of benzene rings is 2. The molecule has 0 radical (unpaired) electrons. The molecule has 1 amide bonds. The van der Waals surface area contributed by atoms with Crippen molar-refractivity contribution in [1.29, 1.82) is 0 Å². The molecule has 0 bridgehead atoms. The zero-order valence-electron chi connectivity index (χ0n) is 14.5. The number of hydrogen-bond donors (Lipinski definition) is 2. The molecule has 0 spiro atoms. The number of nitrogens with zero attached hydrogens (tertiary/aromatic N) is 1. The molecule has 4 nitrogen and oxygen atoms in total. The maximum atomic E-state index is 12.3. The third-order valence-corrected chi connectivity index (χ3v) is 5.58. The second kappa shape index (κ2) is 8.97. The van der Waals surface area contributed by atoms with E-state index >= 15 is 0 Å². The smallest absolute Gasteiger partial charge is 0.258 e. The van der Waals surface area contributed by atoms with E-state index in [1.54, 1.807) is 12.1 Å². The second-order valence-corrected chi connectivity index (χ2v) is 8.24. The van der Waals surface area contributed by atoms with Gasteiger partial charge in [0.2, 0.25) is 0 Å². The lowest BCUT2D eigenvalue weighted by atomic mass is 10.1. The molecule has 2 N–H and O–H groups in total. The first-order valence-electron chi connectivity index (χ1n) is 8.43. The van der Waals surface area contributed by atoms with Gasteiger partial charge in [0.05, 0.1) is 20.8 Å². The van der Waals surface area contributed by atoms with Crippen LogP contribution in [0.5, 0.6) is 0 Å². The average Bonchev–Trinajstić information content (AvgIpc) is 3.00. The Morgan fingerprint density at radius 3 is 2.78 bits per heavy atom. The molecule has 1 heterocycles. The van der Waals surface area contributed by atoms with Crippen LogP contribution in [0.3, 0.4) is 0 Å². The van der Waals surface area contributed by atoms with Crippen LogP contribution in [0.25, 0.3) is 10.2 Å². The molecular weight excluding hydrogens is 421 g/mol. The van der Waals surface area contributed by atoms with Gasteiger partial charge in [-0.15, -0.1) is 0 Å². The number of carbonyl (C=O) groups excluding carboxylic acids is 1. The number of amides is 1. The maximum absolute atomic E-state index is 12.3. The summed E-state index contributed by atoms with van der Waals surface area (Å²) in [6.07, 6.45) is 3.39. The Balaban J connectivity index is 1.67. The summed E-state index contributed by atoms with van der Waals surface area (Å²) < 4.78 is 1.08. The molecule has 1 aromatic heterocycles. The number of rotatable bonds is 5. The number of anilines is 1. The molecule has 0 aliphatic carbocycles. The number of aryl methyl sites for hydroxylation is 1. The quantitative estimate of drug-likeness (QED) is 0.475. The van der Waals surface area contributed by atoms with Crippen LogP contribution in [-0.2, 0) is 6.42 Å². The molecule has 3 rings (SSSR count). The first-order chi connectivity index (χ1) is 13.0. The van der Waals surface area contributed by atoms with Crippen molar-refractivity contribution < 1.29 is 4.79 Å². The van der Waals surface area contributed by atoms with Gasteiger partial charge in [0.15, 0.2) is 10.2 Å². The van der Waals surface area contributed by atoms with Crippen molar-refractivity contribution in [2.24, 2.45) is 0 Å². The highest BCUT2D eigenvalue weighted by molar-refractivity contribution is 7.80. The molecule has 140 valence electrons. The summed E-state index contributed by atoms with van der Waals surface area (Å²) in [5, 5.41) is 7.09. The minimum atomic E-state index is -0.405. The summed E-state index contributed by atoms with van der Waals surface area (Å²) in [5.74, 6) is -0.405. The highest BCUT2D eigenvalue weighted by atomic mass is 35.5. The third kappa shape index (κ3) is 5.17. The van der Waals surface area contributed by atoms with E-state index in [-0.39, 0.29) is 10.1 Å². The van der Waals surface area contributed by atoms with Crippen molar-refractivity contribution in [2.75, 3.05) is 5.32 Å². The maximum Gasteiger partial charge on any atom is 0.258 e. The first-order valence-corrected chi connectivity index (χ1v) is 10.4. The third-order valence-electron chi connectivity index (χ3n) is 3.90. The van der Waals surface area contributed by atoms with Crippen LogP contribution >= 0.6 is 46.8 Å². The lowest BCUT2D eigenvalue weighted by molar-refractivity contribution is 0.0978. The van der Waals surface area contributed by atoms with Gasteiger partial charge in [-0.25, -0.2) is 4.98 Å². The number of halogens is 2. The summed E-state index contributed by atoms with van der Waals surface area (Å²) in [5.41, 5.74) is 2.50. The monoisotopic (exact) mass is 437 g/mol. The van der Waals surface area contributed by atoms with E-state index in [4.69, 9.17) is 35.4 Å². The molecule has 0 fully saturated rings. The summed E-state index contributed by atoms with van der Waals surface area (Å²) in [4.78, 5) is 16.8. The van der Waals surface area contributed by atoms with Gasteiger partial charge >= 0.3 is 0 Å². The fourth-order valence-electron chi connectivity index (χ4n) is 2.53. The van der Waals surface area contributed by atoms with E-state index in [1.165, 1.54) is 35.8 Å². The van der Waals surface area contributed by atoms with Crippen molar-refractivity contribution in [3.8, 4) is 0 Å². The summed E-state index contributed by atoms with van der Waals surface area (Å²) in [6.45, 7) is 2.18. The Kier molecular flexibility index (Phi) is 6.65. The van der Waals surface area contributed by atoms with Crippen molar-refractivity contribution >= 4 is 73.1 Å². The zero-order valence-corrected chi connectivity index (χ0v) is 17.7. The fraction of sp³-hybridized carbons (Fsp3) is 0.211. The van der Waals surface area contributed by atoms with Gasteiger partial charge in [0.25, 0.3) is 5.91 Å². The van der Waals surface area contributed by atoms with E-state index in [1.807, 2.05) is 6.07 Å². The molecule has 0 saturated heterocycles. The van der Waals surface area contributed by atoms with E-state index in [0.717, 1.165) is 16.6 Å². The summed E-state index contributed by atoms with van der Waals surface area (Å²) in [6, 6.07) is 10.9. The van der Waals surface area contributed by atoms with Crippen LogP contribution in [0.15, 0.2) is 36.4 Å². The Morgan fingerprint density at radius 1 is 1.22 bits per heavy atom. The molecule has 27 heavy (non-hydrogen) atoms. The van der Waals surface area contributed by atoms with Crippen molar-refractivity contribution in [2.45, 2.75) is 26.2 Å². The van der Waals surface area contributed by atoms with Gasteiger partial charge in [0, 0.05) is 5.02 Å². The minimum absolute atomic E-state index is 0.163. The van der Waals surface area contributed by atoms with Gasteiger partial charge in [-0.1, -0.05) is 53.9 Å². The molecule has 0 atom stereocenters. The lowest BCUT2D eigenvalue weighted by Crippen LogP contribution is -2.34. The van der Waals surface area contributed by atoms with Crippen molar-refractivity contribution in [3.63, 3.8) is 0 Å². The van der Waals surface area contributed by atoms with E-state index in [0.29, 0.717) is 15.7 Å². The van der Waals surface area contributed by atoms with Crippen molar-refractivity contribution in [1.82, 2.24) is 10.3 Å². The van der Waals surface area contributed by atoms with Crippen LogP contribution in [0.4, 0.5) is 5.13 Å². The predicted octanol–water partition coefficient (Wildman–Crippen LogP) is 6.07. The van der Waals surface area contributed by atoms with Crippen LogP contribution in [0.2, 0.25) is 10.0 Å². The second-order valence-electron chi connectivity index (χ2n) is 5.96. The number of carbonyl (C=O) groups is 1. The van der Waals surface area contributed by atoms with E-state index in [9.17, 15) is 4.79 Å². The minimum Gasteiger partial charge on any atom is -0.308 e. The van der Waals surface area contributed by atoms with Crippen LogP contribution in [0, 0.1) is 0 Å². The number of thiocarbonyl (C=S) groups is 1. The number of aromatic nitrogens is 1. The average molecular weight is 438 g/mol. The number of fused-ring (bicyclic) bond motifs is 1. The standard InChI is InChI=1S/C19H17Cl2N3OS2/c1-2-3-4-11-5-8-15-16(9-11)27-19(22-15)24-18(26)23-17(25)13-7-6-12(20)10-14(13)21/h5-10H,2-4H2,1H3,(H2,22,23,24,25,26). The van der Waals surface area contributed by atoms with Crippen LogP contribution < -0.4 is 10.6 Å². The first kappa shape index (κ1) is 20.0. The Bertz CT molecular complexity index is 1000. The highest BCUT2D eigenvalue weighted by Crippen LogP contribution is 2.27. The number of unbranched alkanes of at least 4 members (excludes halogenated alkanes) is 1. The Hall–Kier alpha value is -1.73. The summed E-state index contributed by atoms with van der Waals surface area (Å²) >= 11 is 18.6. The Labute approximate surface area is 176 Å². The topological polar surface area (TPSA) is 54.0 Å².